The van der Waals surface area contributed by atoms with E-state index < -0.39 is 0 Å². The molecule has 1 fully saturated rings. The number of fused-ring (bicyclic) bond motifs is 1. The fourth-order valence-electron chi connectivity index (χ4n) is 2.02. The number of pyridine rings is 1. The van der Waals surface area contributed by atoms with Crippen molar-refractivity contribution in [1.29, 1.82) is 0 Å². The molecule has 2 N–H and O–H groups in total. The molecule has 0 bridgehead atoms. The summed E-state index contributed by atoms with van der Waals surface area (Å²) in [6, 6.07) is 3.78. The van der Waals surface area contributed by atoms with Crippen LogP contribution in [0.4, 0.5) is 5.69 Å². The van der Waals surface area contributed by atoms with Crippen molar-refractivity contribution in [3.63, 3.8) is 0 Å². The molecule has 4 heteroatoms. The first-order valence-electron chi connectivity index (χ1n) is 5.19. The van der Waals surface area contributed by atoms with Gasteiger partial charge in [0.2, 0.25) is 0 Å². The molecule has 1 aliphatic heterocycles. The Morgan fingerprint density at radius 1 is 1.53 bits per heavy atom. The summed E-state index contributed by atoms with van der Waals surface area (Å²) < 4.78 is 7.54. The number of imidazole rings is 1. The summed E-state index contributed by atoms with van der Waals surface area (Å²) in [5.41, 5.74) is 8.37. The van der Waals surface area contributed by atoms with Gasteiger partial charge in [0.05, 0.1) is 11.4 Å². The summed E-state index contributed by atoms with van der Waals surface area (Å²) in [5.74, 6) is 0. The largest absolute Gasteiger partial charge is 0.396 e. The van der Waals surface area contributed by atoms with Gasteiger partial charge in [-0.1, -0.05) is 0 Å². The number of aromatic nitrogens is 2. The van der Waals surface area contributed by atoms with E-state index in [9.17, 15) is 0 Å². The van der Waals surface area contributed by atoms with E-state index in [2.05, 4.69) is 4.98 Å². The van der Waals surface area contributed by atoms with E-state index in [1.54, 1.807) is 0 Å². The maximum absolute atomic E-state index is 5.84. The smallest absolute Gasteiger partial charge is 0.160 e. The van der Waals surface area contributed by atoms with Gasteiger partial charge < -0.3 is 14.9 Å². The summed E-state index contributed by atoms with van der Waals surface area (Å²) in [5, 5.41) is 0. The monoisotopic (exact) mass is 203 g/mol. The van der Waals surface area contributed by atoms with Crippen molar-refractivity contribution in [3.8, 4) is 0 Å². The molecule has 15 heavy (non-hydrogen) atoms. The molecule has 0 spiro atoms. The summed E-state index contributed by atoms with van der Waals surface area (Å²) in [6.07, 6.45) is 6.29. The molecular weight excluding hydrogens is 190 g/mol. The molecule has 0 saturated carbocycles. The predicted octanol–water partition coefficient (Wildman–Crippen LogP) is 1.77. The van der Waals surface area contributed by atoms with Gasteiger partial charge in [0, 0.05) is 19.0 Å². The van der Waals surface area contributed by atoms with Crippen molar-refractivity contribution in [2.45, 2.75) is 18.9 Å². The van der Waals surface area contributed by atoms with Crippen LogP contribution in [0.1, 0.15) is 24.6 Å². The Hall–Kier alpha value is -1.55. The molecule has 1 aliphatic rings. The minimum atomic E-state index is 0.157. The van der Waals surface area contributed by atoms with Gasteiger partial charge in [-0.05, 0) is 25.0 Å². The Morgan fingerprint density at radius 2 is 2.47 bits per heavy atom. The highest BCUT2D eigenvalue weighted by molar-refractivity contribution is 5.64. The Bertz CT molecular complexity index is 486. The van der Waals surface area contributed by atoms with Crippen molar-refractivity contribution >= 4 is 11.3 Å². The lowest BCUT2D eigenvalue weighted by atomic mass is 10.2. The van der Waals surface area contributed by atoms with Crippen LogP contribution < -0.4 is 5.73 Å². The number of hydrogen-bond acceptors (Lipinski definition) is 3. The molecule has 1 unspecified atom stereocenters. The van der Waals surface area contributed by atoms with Crippen LogP contribution in [0.15, 0.2) is 24.5 Å². The molecule has 3 rings (SSSR count). The maximum atomic E-state index is 5.84. The van der Waals surface area contributed by atoms with Crippen molar-refractivity contribution in [2.75, 3.05) is 12.3 Å². The lowest BCUT2D eigenvalue weighted by molar-refractivity contribution is 0.109. The summed E-state index contributed by atoms with van der Waals surface area (Å²) in [4.78, 5) is 4.51. The lowest BCUT2D eigenvalue weighted by Gasteiger charge is -2.03. The molecule has 0 aromatic carbocycles. The molecule has 1 atom stereocenters. The second kappa shape index (κ2) is 3.24. The number of nitrogen functional groups attached to an aromatic ring is 1. The second-order valence-corrected chi connectivity index (χ2v) is 3.86. The van der Waals surface area contributed by atoms with E-state index in [1.807, 2.05) is 28.9 Å². The topological polar surface area (TPSA) is 52.5 Å². The molecule has 0 radical (unpaired) electrons. The van der Waals surface area contributed by atoms with Crippen LogP contribution in [0.25, 0.3) is 5.65 Å². The Morgan fingerprint density at radius 3 is 3.20 bits per heavy atom. The number of anilines is 1. The van der Waals surface area contributed by atoms with Gasteiger partial charge in [-0.15, -0.1) is 0 Å². The van der Waals surface area contributed by atoms with Gasteiger partial charge in [0.15, 0.2) is 5.65 Å². The van der Waals surface area contributed by atoms with E-state index in [1.165, 1.54) is 0 Å². The minimum Gasteiger partial charge on any atom is -0.396 e. The van der Waals surface area contributed by atoms with Gasteiger partial charge in [-0.3, -0.25) is 0 Å². The van der Waals surface area contributed by atoms with Crippen LogP contribution in [0.2, 0.25) is 0 Å². The Kier molecular flexibility index (Phi) is 1.89. The predicted molar refractivity (Wildman–Crippen MR) is 57.5 cm³/mol. The van der Waals surface area contributed by atoms with Crippen molar-refractivity contribution in [2.24, 2.45) is 0 Å². The van der Waals surface area contributed by atoms with Crippen LogP contribution in [-0.2, 0) is 4.74 Å². The van der Waals surface area contributed by atoms with Gasteiger partial charge in [0.25, 0.3) is 0 Å². The minimum absolute atomic E-state index is 0.157. The third kappa shape index (κ3) is 1.37. The van der Waals surface area contributed by atoms with Crippen molar-refractivity contribution in [1.82, 2.24) is 9.38 Å². The molecular formula is C11H13N3O. The quantitative estimate of drug-likeness (QED) is 0.768. The third-order valence-electron chi connectivity index (χ3n) is 2.79. The molecule has 0 amide bonds. The van der Waals surface area contributed by atoms with E-state index in [0.29, 0.717) is 5.69 Å². The summed E-state index contributed by atoms with van der Waals surface area (Å²) in [6.45, 7) is 0.841. The first-order valence-corrected chi connectivity index (χ1v) is 5.19. The number of hydrogen-bond donors (Lipinski definition) is 1. The van der Waals surface area contributed by atoms with E-state index in [4.69, 9.17) is 10.5 Å². The maximum Gasteiger partial charge on any atom is 0.160 e. The van der Waals surface area contributed by atoms with Crippen LogP contribution in [-0.4, -0.2) is 16.0 Å². The van der Waals surface area contributed by atoms with Crippen LogP contribution >= 0.6 is 0 Å². The van der Waals surface area contributed by atoms with Crippen LogP contribution in [0, 0.1) is 0 Å². The van der Waals surface area contributed by atoms with Crippen LogP contribution in [0.5, 0.6) is 0 Å². The van der Waals surface area contributed by atoms with E-state index in [-0.39, 0.29) is 6.10 Å². The molecule has 3 heterocycles. The molecule has 4 nitrogen and oxygen atoms in total. The number of ether oxygens (including phenoxy) is 1. The first kappa shape index (κ1) is 8.73. The van der Waals surface area contributed by atoms with E-state index >= 15 is 0 Å². The number of rotatable bonds is 1. The normalized spacial score (nSPS) is 21.2. The highest BCUT2D eigenvalue weighted by Gasteiger charge is 2.20. The molecule has 78 valence electrons. The average molecular weight is 203 g/mol. The standard InChI is InChI=1S/C11H13N3O/c12-8-3-1-5-14-7-9(13-11(8)14)10-4-2-6-15-10/h1,3,5,7,10H,2,4,6,12H2. The Balaban J connectivity index is 2.09. The highest BCUT2D eigenvalue weighted by atomic mass is 16.5. The van der Waals surface area contributed by atoms with E-state index in [0.717, 1.165) is 30.8 Å². The SMILES string of the molecule is Nc1cccn2cc(C3CCCO3)nc12. The fraction of sp³-hybridized carbons (Fsp3) is 0.364. The zero-order valence-corrected chi connectivity index (χ0v) is 8.39. The second-order valence-electron chi connectivity index (χ2n) is 3.86. The fourth-order valence-corrected chi connectivity index (χ4v) is 2.02. The molecule has 2 aromatic rings. The molecule has 1 saturated heterocycles. The van der Waals surface area contributed by atoms with Crippen LogP contribution in [0.3, 0.4) is 0 Å². The highest BCUT2D eigenvalue weighted by Crippen LogP contribution is 2.28. The molecule has 0 aliphatic carbocycles. The van der Waals surface area contributed by atoms with Crippen molar-refractivity contribution in [3.05, 3.63) is 30.2 Å². The van der Waals surface area contributed by atoms with Gasteiger partial charge >= 0.3 is 0 Å². The number of nitrogens with two attached hydrogens (primary N) is 1. The Labute approximate surface area is 87.7 Å². The number of nitrogens with zero attached hydrogens (tertiary/aromatic N) is 2. The summed E-state index contributed by atoms with van der Waals surface area (Å²) in [7, 11) is 0. The first-order chi connectivity index (χ1) is 7.34. The zero-order valence-electron chi connectivity index (χ0n) is 8.39. The zero-order chi connectivity index (χ0) is 10.3. The van der Waals surface area contributed by atoms with Gasteiger partial charge in [0.1, 0.15) is 6.10 Å². The summed E-state index contributed by atoms with van der Waals surface area (Å²) >= 11 is 0. The van der Waals surface area contributed by atoms with Gasteiger partial charge in [-0.25, -0.2) is 4.98 Å². The average Bonchev–Trinajstić information content (AvgIpc) is 2.86. The molecule has 2 aromatic heterocycles. The van der Waals surface area contributed by atoms with Crippen molar-refractivity contribution < 1.29 is 4.74 Å². The third-order valence-corrected chi connectivity index (χ3v) is 2.79. The lowest BCUT2D eigenvalue weighted by Crippen LogP contribution is -1.95. The van der Waals surface area contributed by atoms with Gasteiger partial charge in [-0.2, -0.15) is 0 Å².